The zero-order valence-corrected chi connectivity index (χ0v) is 13.0. The van der Waals surface area contributed by atoms with Crippen LogP contribution in [0.3, 0.4) is 0 Å². The van der Waals surface area contributed by atoms with Crippen molar-refractivity contribution < 1.29 is 0 Å². The summed E-state index contributed by atoms with van der Waals surface area (Å²) in [5.74, 6) is 1.58. The van der Waals surface area contributed by atoms with Gasteiger partial charge in [-0.3, -0.25) is 0 Å². The van der Waals surface area contributed by atoms with E-state index in [0.29, 0.717) is 12.0 Å². The molecule has 1 atom stereocenters. The van der Waals surface area contributed by atoms with Crippen LogP contribution in [0, 0.1) is 12.8 Å². The van der Waals surface area contributed by atoms with Gasteiger partial charge in [-0.05, 0) is 49.8 Å². The molecule has 20 heavy (non-hydrogen) atoms. The molecule has 0 saturated heterocycles. The summed E-state index contributed by atoms with van der Waals surface area (Å²) in [6, 6.07) is 2.62. The topological polar surface area (TPSA) is 29.9 Å². The Morgan fingerprint density at radius 3 is 2.80 bits per heavy atom. The minimum absolute atomic E-state index is 0.506. The second-order valence-corrected chi connectivity index (χ2v) is 5.92. The van der Waals surface area contributed by atoms with E-state index in [1.165, 1.54) is 31.3 Å². The Labute approximate surface area is 122 Å². The molecule has 1 aliphatic carbocycles. The van der Waals surface area contributed by atoms with E-state index in [4.69, 9.17) is 0 Å². The highest BCUT2D eigenvalue weighted by Crippen LogP contribution is 2.22. The molecule has 1 aliphatic rings. The molecular weight excluding hydrogens is 246 g/mol. The molecule has 0 aromatic carbocycles. The average Bonchev–Trinajstić information content (AvgIpc) is 3.08. The Hall–Kier alpha value is -1.51. The number of nitrogens with zero attached hydrogens (tertiary/aromatic N) is 2. The summed E-state index contributed by atoms with van der Waals surface area (Å²) in [6.45, 7) is 10.7. The van der Waals surface area contributed by atoms with E-state index in [9.17, 15) is 0 Å². The van der Waals surface area contributed by atoms with Gasteiger partial charge in [-0.1, -0.05) is 33.3 Å². The van der Waals surface area contributed by atoms with Crippen molar-refractivity contribution in [3.8, 4) is 0 Å². The molecule has 1 aromatic rings. The first-order valence-corrected chi connectivity index (χ1v) is 7.79. The molecule has 0 bridgehead atoms. The zero-order chi connectivity index (χ0) is 14.5. The third kappa shape index (κ3) is 3.53. The zero-order valence-electron chi connectivity index (χ0n) is 13.0. The predicted octanol–water partition coefficient (Wildman–Crippen LogP) is 4.12. The molecule has 1 saturated carbocycles. The lowest BCUT2D eigenvalue weighted by molar-refractivity contribution is 0.589. The van der Waals surface area contributed by atoms with Gasteiger partial charge in [-0.2, -0.15) is 5.10 Å². The first-order valence-electron chi connectivity index (χ1n) is 7.79. The van der Waals surface area contributed by atoms with E-state index in [0.717, 1.165) is 17.9 Å². The SMILES string of the molecule is C=C(/C=C(/NC1CCCC1)n1nccc1C)C(C)CC. The summed E-state index contributed by atoms with van der Waals surface area (Å²) >= 11 is 0. The third-order valence-corrected chi connectivity index (χ3v) is 4.33. The van der Waals surface area contributed by atoms with Crippen LogP contribution >= 0.6 is 0 Å². The summed E-state index contributed by atoms with van der Waals surface area (Å²) in [6.07, 6.45) is 10.3. The van der Waals surface area contributed by atoms with Crippen molar-refractivity contribution in [3.63, 3.8) is 0 Å². The van der Waals surface area contributed by atoms with Crippen LogP contribution in [0.2, 0.25) is 0 Å². The van der Waals surface area contributed by atoms with E-state index in [2.05, 4.69) is 43.8 Å². The second-order valence-electron chi connectivity index (χ2n) is 5.92. The van der Waals surface area contributed by atoms with Gasteiger partial charge >= 0.3 is 0 Å². The Morgan fingerprint density at radius 2 is 2.25 bits per heavy atom. The standard InChI is InChI=1S/C17H27N3/c1-5-13(2)14(3)12-17(19-16-8-6-7-9-16)20-15(4)10-11-18-20/h10-13,16,19H,3,5-9H2,1-2,4H3/b17-12-. The fourth-order valence-corrected chi connectivity index (χ4v) is 2.65. The molecule has 110 valence electrons. The summed E-state index contributed by atoms with van der Waals surface area (Å²) in [4.78, 5) is 0. The van der Waals surface area contributed by atoms with Gasteiger partial charge in [0.2, 0.25) is 0 Å². The van der Waals surface area contributed by atoms with E-state index in [1.54, 1.807) is 0 Å². The van der Waals surface area contributed by atoms with Crippen molar-refractivity contribution in [1.82, 2.24) is 15.1 Å². The van der Waals surface area contributed by atoms with Crippen molar-refractivity contribution in [2.24, 2.45) is 5.92 Å². The maximum Gasteiger partial charge on any atom is 0.128 e. The van der Waals surface area contributed by atoms with Crippen molar-refractivity contribution in [1.29, 1.82) is 0 Å². The van der Waals surface area contributed by atoms with Crippen molar-refractivity contribution >= 4 is 5.82 Å². The summed E-state index contributed by atoms with van der Waals surface area (Å²) < 4.78 is 1.99. The highest BCUT2D eigenvalue weighted by atomic mass is 15.3. The highest BCUT2D eigenvalue weighted by molar-refractivity contribution is 5.49. The average molecular weight is 273 g/mol. The molecule has 0 radical (unpaired) electrons. The third-order valence-electron chi connectivity index (χ3n) is 4.33. The van der Waals surface area contributed by atoms with Crippen LogP contribution in [-0.2, 0) is 0 Å². The quantitative estimate of drug-likeness (QED) is 0.790. The lowest BCUT2D eigenvalue weighted by atomic mass is 10.00. The van der Waals surface area contributed by atoms with Crippen molar-refractivity contribution in [2.45, 2.75) is 58.9 Å². The van der Waals surface area contributed by atoms with E-state index >= 15 is 0 Å². The molecule has 1 unspecified atom stereocenters. The summed E-state index contributed by atoms with van der Waals surface area (Å²) in [7, 11) is 0. The normalized spacial score (nSPS) is 18.2. The fourth-order valence-electron chi connectivity index (χ4n) is 2.65. The van der Waals surface area contributed by atoms with Crippen molar-refractivity contribution in [2.75, 3.05) is 0 Å². The number of nitrogens with one attached hydrogen (secondary N) is 1. The molecule has 1 aromatic heterocycles. The number of hydrogen-bond acceptors (Lipinski definition) is 2. The molecule has 1 heterocycles. The fraction of sp³-hybridized carbons (Fsp3) is 0.588. The monoisotopic (exact) mass is 273 g/mol. The minimum Gasteiger partial charge on any atom is -0.367 e. The number of hydrogen-bond donors (Lipinski definition) is 1. The molecule has 1 N–H and O–H groups in total. The minimum atomic E-state index is 0.506. The Bertz CT molecular complexity index is 478. The summed E-state index contributed by atoms with van der Waals surface area (Å²) in [5.41, 5.74) is 2.32. The maximum atomic E-state index is 4.44. The predicted molar refractivity (Wildman–Crippen MR) is 85.2 cm³/mol. The van der Waals surface area contributed by atoms with Gasteiger partial charge in [0.05, 0.1) is 0 Å². The second kappa shape index (κ2) is 6.78. The Balaban J connectivity index is 2.21. The lowest BCUT2D eigenvalue weighted by Gasteiger charge is -2.19. The van der Waals surface area contributed by atoms with Gasteiger partial charge in [-0.15, -0.1) is 0 Å². The smallest absolute Gasteiger partial charge is 0.128 e. The van der Waals surface area contributed by atoms with Gasteiger partial charge in [0.15, 0.2) is 0 Å². The Morgan fingerprint density at radius 1 is 1.55 bits per heavy atom. The molecule has 0 spiro atoms. The van der Waals surface area contributed by atoms with Crippen LogP contribution in [0.1, 0.15) is 51.6 Å². The highest BCUT2D eigenvalue weighted by Gasteiger charge is 2.17. The van der Waals surface area contributed by atoms with Crippen LogP contribution in [0.15, 0.2) is 30.5 Å². The molecule has 3 nitrogen and oxygen atoms in total. The molecule has 0 aliphatic heterocycles. The van der Waals surface area contributed by atoms with E-state index in [1.807, 2.05) is 16.9 Å². The van der Waals surface area contributed by atoms with Crippen LogP contribution in [-0.4, -0.2) is 15.8 Å². The van der Waals surface area contributed by atoms with Gasteiger partial charge in [-0.25, -0.2) is 4.68 Å². The van der Waals surface area contributed by atoms with Gasteiger partial charge in [0, 0.05) is 17.9 Å². The number of aryl methyl sites for hydroxylation is 1. The molecular formula is C17H27N3. The molecule has 2 rings (SSSR count). The largest absolute Gasteiger partial charge is 0.367 e. The molecule has 0 amide bonds. The van der Waals surface area contributed by atoms with Crippen LogP contribution in [0.5, 0.6) is 0 Å². The number of rotatable bonds is 6. The van der Waals surface area contributed by atoms with Gasteiger partial charge < -0.3 is 5.32 Å². The first kappa shape index (κ1) is 14.9. The van der Waals surface area contributed by atoms with Gasteiger partial charge in [0.25, 0.3) is 0 Å². The molecule has 1 fully saturated rings. The first-order chi connectivity index (χ1) is 9.61. The number of aromatic nitrogens is 2. The van der Waals surface area contributed by atoms with Gasteiger partial charge in [0.1, 0.15) is 5.82 Å². The van der Waals surface area contributed by atoms with E-state index < -0.39 is 0 Å². The number of allylic oxidation sites excluding steroid dienone is 2. The van der Waals surface area contributed by atoms with Crippen molar-refractivity contribution in [3.05, 3.63) is 36.2 Å². The molecule has 3 heteroatoms. The van der Waals surface area contributed by atoms with Crippen LogP contribution < -0.4 is 5.32 Å². The van der Waals surface area contributed by atoms with Crippen LogP contribution in [0.25, 0.3) is 5.82 Å². The maximum absolute atomic E-state index is 4.44. The van der Waals surface area contributed by atoms with Crippen LogP contribution in [0.4, 0.5) is 0 Å². The summed E-state index contributed by atoms with van der Waals surface area (Å²) in [5, 5.41) is 8.11. The van der Waals surface area contributed by atoms with E-state index in [-0.39, 0.29) is 0 Å². The Kier molecular flexibility index (Phi) is 5.05. The lowest BCUT2D eigenvalue weighted by Crippen LogP contribution is -2.28.